The van der Waals surface area contributed by atoms with E-state index in [4.69, 9.17) is 19.9 Å². The van der Waals surface area contributed by atoms with Crippen molar-refractivity contribution in [2.45, 2.75) is 6.92 Å². The Morgan fingerprint density at radius 1 is 0.375 bits per heavy atom. The van der Waals surface area contributed by atoms with Gasteiger partial charge in [-0.2, -0.15) is 0 Å². The van der Waals surface area contributed by atoms with Gasteiger partial charge in [-0.05, 0) is 76.4 Å². The molecule has 0 saturated heterocycles. The largest absolute Gasteiger partial charge is 0.309 e. The SMILES string of the molecule is C/C=C\C=C/c1cc2c(c(-c3ccccc3)n1)c1ccccc1n2-c1ccc(-c2ccc(-c3nc(-c4ccccc4)nc(-c4ccc(-c5ccccc5)cc4)n3)c3ccccc23)cc1. The first-order valence-corrected chi connectivity index (χ1v) is 21.6. The van der Waals surface area contributed by atoms with Crippen LogP contribution in [-0.2, 0) is 0 Å². The van der Waals surface area contributed by atoms with E-state index < -0.39 is 0 Å². The number of aromatic nitrogens is 5. The molecular formula is C59H41N5. The maximum atomic E-state index is 5.22. The van der Waals surface area contributed by atoms with Crippen molar-refractivity contribution >= 4 is 38.7 Å². The van der Waals surface area contributed by atoms with Crippen molar-refractivity contribution in [1.29, 1.82) is 0 Å². The molecule has 0 N–H and O–H groups in total. The second kappa shape index (κ2) is 16.7. The average molecular weight is 820 g/mol. The van der Waals surface area contributed by atoms with Crippen LogP contribution in [0.15, 0.2) is 224 Å². The highest BCUT2D eigenvalue weighted by Gasteiger charge is 2.20. The molecule has 8 aromatic carbocycles. The van der Waals surface area contributed by atoms with Crippen LogP contribution in [0.5, 0.6) is 0 Å². The van der Waals surface area contributed by atoms with Crippen LogP contribution in [0.4, 0.5) is 0 Å². The fourth-order valence-corrected chi connectivity index (χ4v) is 8.76. The number of fused-ring (bicyclic) bond motifs is 4. The number of hydrogen-bond acceptors (Lipinski definition) is 4. The third-order valence-corrected chi connectivity index (χ3v) is 11.8. The topological polar surface area (TPSA) is 56.5 Å². The smallest absolute Gasteiger partial charge is 0.164 e. The molecule has 0 atom stereocenters. The molecule has 0 amide bonds. The number of allylic oxidation sites excluding steroid dienone is 3. The van der Waals surface area contributed by atoms with E-state index in [1.807, 2.05) is 61.5 Å². The van der Waals surface area contributed by atoms with E-state index in [-0.39, 0.29) is 0 Å². The second-order valence-electron chi connectivity index (χ2n) is 15.8. The summed E-state index contributed by atoms with van der Waals surface area (Å²) in [6.07, 6.45) is 8.19. The van der Waals surface area contributed by atoms with Crippen molar-refractivity contribution in [3.8, 4) is 73.4 Å². The van der Waals surface area contributed by atoms with Crippen LogP contribution in [-0.4, -0.2) is 24.5 Å². The van der Waals surface area contributed by atoms with Gasteiger partial charge in [0.15, 0.2) is 17.5 Å². The van der Waals surface area contributed by atoms with Gasteiger partial charge in [-0.1, -0.05) is 194 Å². The van der Waals surface area contributed by atoms with Gasteiger partial charge >= 0.3 is 0 Å². The zero-order valence-electron chi connectivity index (χ0n) is 35.2. The van der Waals surface area contributed by atoms with Gasteiger partial charge in [0.05, 0.1) is 22.4 Å². The summed E-state index contributed by atoms with van der Waals surface area (Å²) >= 11 is 0. The van der Waals surface area contributed by atoms with Gasteiger partial charge in [-0.25, -0.2) is 19.9 Å². The Balaban J connectivity index is 1.02. The lowest BCUT2D eigenvalue weighted by atomic mass is 9.94. The third-order valence-electron chi connectivity index (χ3n) is 11.8. The lowest BCUT2D eigenvalue weighted by Gasteiger charge is -2.14. The number of nitrogens with zero attached hydrogens (tertiary/aromatic N) is 5. The van der Waals surface area contributed by atoms with Crippen LogP contribution in [0.1, 0.15) is 12.6 Å². The third kappa shape index (κ3) is 7.15. The van der Waals surface area contributed by atoms with Crippen molar-refractivity contribution in [3.63, 3.8) is 0 Å². The van der Waals surface area contributed by atoms with E-state index in [9.17, 15) is 0 Å². The van der Waals surface area contributed by atoms with E-state index in [1.54, 1.807) is 0 Å². The highest BCUT2D eigenvalue weighted by Crippen LogP contribution is 2.40. The molecule has 302 valence electrons. The molecule has 11 rings (SSSR count). The minimum absolute atomic E-state index is 0.629. The molecule has 0 bridgehead atoms. The van der Waals surface area contributed by atoms with Crippen molar-refractivity contribution in [2.75, 3.05) is 0 Å². The van der Waals surface area contributed by atoms with Gasteiger partial charge in [0.1, 0.15) is 0 Å². The number of para-hydroxylation sites is 1. The Kier molecular flexibility index (Phi) is 10.0. The molecule has 0 saturated carbocycles. The molecule has 0 fully saturated rings. The zero-order valence-corrected chi connectivity index (χ0v) is 35.2. The molecular weight excluding hydrogens is 779 g/mol. The summed E-state index contributed by atoms with van der Waals surface area (Å²) < 4.78 is 2.37. The molecule has 0 aliphatic carbocycles. The number of rotatable bonds is 9. The normalized spacial score (nSPS) is 11.7. The molecule has 3 aromatic heterocycles. The van der Waals surface area contributed by atoms with E-state index in [1.165, 1.54) is 10.9 Å². The first-order chi connectivity index (χ1) is 31.7. The first kappa shape index (κ1) is 38.4. The van der Waals surface area contributed by atoms with Crippen molar-refractivity contribution in [3.05, 3.63) is 230 Å². The Bertz CT molecular complexity index is 3520. The van der Waals surface area contributed by atoms with Crippen LogP contribution in [0.25, 0.3) is 112 Å². The summed E-state index contributed by atoms with van der Waals surface area (Å²) in [5, 5.41) is 4.49. The molecule has 5 heteroatoms. The van der Waals surface area contributed by atoms with E-state index in [0.29, 0.717) is 17.5 Å². The Hall–Kier alpha value is -8.54. The Morgan fingerprint density at radius 2 is 0.875 bits per heavy atom. The van der Waals surface area contributed by atoms with Gasteiger partial charge in [-0.15, -0.1) is 0 Å². The van der Waals surface area contributed by atoms with Crippen molar-refractivity contribution in [1.82, 2.24) is 24.5 Å². The van der Waals surface area contributed by atoms with Crippen LogP contribution in [0.3, 0.4) is 0 Å². The predicted octanol–water partition coefficient (Wildman–Crippen LogP) is 15.1. The summed E-state index contributed by atoms with van der Waals surface area (Å²) in [4.78, 5) is 20.5. The molecule has 0 spiro atoms. The first-order valence-electron chi connectivity index (χ1n) is 21.6. The number of benzene rings is 8. The lowest BCUT2D eigenvalue weighted by Crippen LogP contribution is -2.01. The lowest BCUT2D eigenvalue weighted by molar-refractivity contribution is 1.08. The maximum absolute atomic E-state index is 5.22. The van der Waals surface area contributed by atoms with Crippen LogP contribution >= 0.6 is 0 Å². The minimum Gasteiger partial charge on any atom is -0.309 e. The standard InChI is InChI=1S/C59H41N5/c1-2-3-7-24-46-39-54-55(56(60-46)43-20-10-5-11-21-43)52-27-16-17-28-53(52)64(54)47-35-33-42(34-36-47)48-37-38-51(50-26-15-14-25-49(48)50)59-62-57(44-22-12-6-13-23-44)61-58(63-59)45-31-29-41(30-32-45)40-18-8-4-9-19-40/h2-39H,1H3/b3-2-,24-7-. The van der Waals surface area contributed by atoms with Gasteiger partial charge in [-0.3, -0.25) is 0 Å². The van der Waals surface area contributed by atoms with Crippen LogP contribution in [0.2, 0.25) is 0 Å². The Labute approximate surface area is 372 Å². The van der Waals surface area contributed by atoms with E-state index >= 15 is 0 Å². The maximum Gasteiger partial charge on any atom is 0.164 e. The fraction of sp³-hybridized carbons (Fsp3) is 0.0169. The zero-order chi connectivity index (χ0) is 42.8. The molecule has 64 heavy (non-hydrogen) atoms. The monoisotopic (exact) mass is 819 g/mol. The molecule has 11 aromatic rings. The van der Waals surface area contributed by atoms with Crippen molar-refractivity contribution in [2.24, 2.45) is 0 Å². The van der Waals surface area contributed by atoms with Gasteiger partial charge in [0, 0.05) is 38.7 Å². The van der Waals surface area contributed by atoms with Crippen LogP contribution < -0.4 is 0 Å². The van der Waals surface area contributed by atoms with Gasteiger partial charge < -0.3 is 4.57 Å². The summed E-state index contributed by atoms with van der Waals surface area (Å²) in [6.45, 7) is 2.02. The summed E-state index contributed by atoms with van der Waals surface area (Å²) in [7, 11) is 0. The van der Waals surface area contributed by atoms with Crippen LogP contribution in [0, 0.1) is 0 Å². The molecule has 0 aliphatic heterocycles. The quantitative estimate of drug-likeness (QED) is 0.136. The van der Waals surface area contributed by atoms with Gasteiger partial charge in [0.2, 0.25) is 0 Å². The average Bonchev–Trinajstić information content (AvgIpc) is 3.71. The molecule has 0 unspecified atom stereocenters. The van der Waals surface area contributed by atoms with Crippen molar-refractivity contribution < 1.29 is 0 Å². The molecule has 0 aliphatic rings. The molecule has 5 nitrogen and oxygen atoms in total. The minimum atomic E-state index is 0.629. The number of hydrogen-bond donors (Lipinski definition) is 0. The Morgan fingerprint density at radius 3 is 1.55 bits per heavy atom. The fourth-order valence-electron chi connectivity index (χ4n) is 8.76. The predicted molar refractivity (Wildman–Crippen MR) is 266 cm³/mol. The number of pyridine rings is 1. The van der Waals surface area contributed by atoms with Gasteiger partial charge in [0.25, 0.3) is 0 Å². The highest BCUT2D eigenvalue weighted by atomic mass is 15.0. The van der Waals surface area contributed by atoms with E-state index in [0.717, 1.165) is 83.2 Å². The highest BCUT2D eigenvalue weighted by molar-refractivity contribution is 6.15. The molecule has 0 radical (unpaired) electrons. The summed E-state index contributed by atoms with van der Waals surface area (Å²) in [6, 6.07) is 72.2. The second-order valence-corrected chi connectivity index (χ2v) is 15.8. The summed E-state index contributed by atoms with van der Waals surface area (Å²) in [5.41, 5.74) is 13.7. The van der Waals surface area contributed by atoms with E-state index in [2.05, 4.69) is 181 Å². The molecule has 3 heterocycles. The summed E-state index contributed by atoms with van der Waals surface area (Å²) in [5.74, 6) is 1.89.